The minimum atomic E-state index is 0. The number of nitrogens with zero attached hydrogens (tertiary/aromatic N) is 2. The van der Waals surface area contributed by atoms with Gasteiger partial charge in [0, 0.05) is 10.9 Å². The van der Waals surface area contributed by atoms with Gasteiger partial charge in [-0.25, -0.2) is 4.98 Å². The second-order valence-electron chi connectivity index (χ2n) is 7.34. The minimum Gasteiger partial charge on any atom is -0.306 e. The normalized spacial score (nSPS) is 15.7. The SMILES string of the molecule is CN1CCC(CCc2cc(-c3ccccc3)nc3ccccc23)CC1.Cl. The van der Waals surface area contributed by atoms with Gasteiger partial charge in [-0.1, -0.05) is 48.5 Å². The summed E-state index contributed by atoms with van der Waals surface area (Å²) >= 11 is 0. The average Bonchev–Trinajstić information content (AvgIpc) is 2.68. The third kappa shape index (κ3) is 4.25. The molecule has 2 nitrogen and oxygen atoms in total. The average molecular weight is 367 g/mol. The number of hydrogen-bond donors (Lipinski definition) is 0. The highest BCUT2D eigenvalue weighted by Gasteiger charge is 2.17. The van der Waals surface area contributed by atoms with Crippen molar-refractivity contribution in [2.45, 2.75) is 25.7 Å². The van der Waals surface area contributed by atoms with Crippen LogP contribution in [0.5, 0.6) is 0 Å². The fourth-order valence-electron chi connectivity index (χ4n) is 3.92. The number of para-hydroxylation sites is 1. The first kappa shape index (κ1) is 18.9. The highest BCUT2D eigenvalue weighted by Crippen LogP contribution is 2.28. The number of hydrogen-bond acceptors (Lipinski definition) is 2. The summed E-state index contributed by atoms with van der Waals surface area (Å²) in [6, 6.07) is 21.4. The van der Waals surface area contributed by atoms with Gasteiger partial charge >= 0.3 is 0 Å². The number of aryl methyl sites for hydroxylation is 1. The lowest BCUT2D eigenvalue weighted by Gasteiger charge is -2.29. The van der Waals surface area contributed by atoms with Crippen LogP contribution in [0.1, 0.15) is 24.8 Å². The molecule has 26 heavy (non-hydrogen) atoms. The fraction of sp³-hybridized carbons (Fsp3) is 0.348. The summed E-state index contributed by atoms with van der Waals surface area (Å²) in [6.45, 7) is 2.49. The summed E-state index contributed by atoms with van der Waals surface area (Å²) in [5.41, 5.74) is 4.86. The third-order valence-corrected chi connectivity index (χ3v) is 5.53. The molecule has 3 aromatic rings. The highest BCUT2D eigenvalue weighted by molar-refractivity contribution is 5.85. The van der Waals surface area contributed by atoms with Gasteiger partial charge in [0.25, 0.3) is 0 Å². The van der Waals surface area contributed by atoms with Crippen molar-refractivity contribution in [1.82, 2.24) is 9.88 Å². The van der Waals surface area contributed by atoms with E-state index in [1.807, 2.05) is 0 Å². The molecule has 2 aromatic carbocycles. The quantitative estimate of drug-likeness (QED) is 0.597. The number of aromatic nitrogens is 1. The number of benzene rings is 2. The topological polar surface area (TPSA) is 16.1 Å². The number of fused-ring (bicyclic) bond motifs is 1. The fourth-order valence-corrected chi connectivity index (χ4v) is 3.92. The number of piperidine rings is 1. The van der Waals surface area contributed by atoms with E-state index in [-0.39, 0.29) is 12.4 Å². The molecule has 2 heterocycles. The molecule has 136 valence electrons. The molecule has 4 rings (SSSR count). The van der Waals surface area contributed by atoms with Crippen LogP contribution in [0, 0.1) is 5.92 Å². The predicted molar refractivity (Wildman–Crippen MR) is 113 cm³/mol. The van der Waals surface area contributed by atoms with Crippen LogP contribution in [0.15, 0.2) is 60.7 Å². The van der Waals surface area contributed by atoms with Crippen LogP contribution in [0.4, 0.5) is 0 Å². The lowest BCUT2D eigenvalue weighted by Crippen LogP contribution is -2.30. The van der Waals surface area contributed by atoms with E-state index in [2.05, 4.69) is 72.6 Å². The van der Waals surface area contributed by atoms with E-state index in [0.29, 0.717) is 0 Å². The Balaban J connectivity index is 0.00000196. The molecule has 0 spiro atoms. The summed E-state index contributed by atoms with van der Waals surface area (Å²) in [4.78, 5) is 7.35. The van der Waals surface area contributed by atoms with Gasteiger partial charge in [-0.2, -0.15) is 0 Å². The molecule has 1 aromatic heterocycles. The van der Waals surface area contributed by atoms with Crippen molar-refractivity contribution in [3.05, 3.63) is 66.2 Å². The molecule has 3 heteroatoms. The number of rotatable bonds is 4. The van der Waals surface area contributed by atoms with Crippen molar-refractivity contribution in [1.29, 1.82) is 0 Å². The monoisotopic (exact) mass is 366 g/mol. The third-order valence-electron chi connectivity index (χ3n) is 5.53. The summed E-state index contributed by atoms with van der Waals surface area (Å²) in [5.74, 6) is 0.864. The smallest absolute Gasteiger partial charge is 0.0712 e. The van der Waals surface area contributed by atoms with E-state index in [1.165, 1.54) is 48.9 Å². The molecule has 0 unspecified atom stereocenters. The lowest BCUT2D eigenvalue weighted by molar-refractivity contribution is 0.212. The summed E-state index contributed by atoms with van der Waals surface area (Å²) in [7, 11) is 2.23. The summed E-state index contributed by atoms with van der Waals surface area (Å²) in [5, 5.41) is 1.31. The van der Waals surface area contributed by atoms with E-state index in [4.69, 9.17) is 4.98 Å². The van der Waals surface area contributed by atoms with Crippen molar-refractivity contribution >= 4 is 23.3 Å². The van der Waals surface area contributed by atoms with Crippen LogP contribution >= 0.6 is 12.4 Å². The second-order valence-corrected chi connectivity index (χ2v) is 7.34. The van der Waals surface area contributed by atoms with Crippen LogP contribution in [0.25, 0.3) is 22.2 Å². The van der Waals surface area contributed by atoms with Gasteiger partial charge in [0.1, 0.15) is 0 Å². The number of pyridine rings is 1. The van der Waals surface area contributed by atoms with E-state index in [9.17, 15) is 0 Å². The molecular weight excluding hydrogens is 340 g/mol. The van der Waals surface area contributed by atoms with E-state index >= 15 is 0 Å². The predicted octanol–water partition coefficient (Wildman–Crippen LogP) is 5.60. The Morgan fingerprint density at radius 2 is 1.65 bits per heavy atom. The zero-order valence-electron chi connectivity index (χ0n) is 15.4. The molecule has 0 saturated carbocycles. The summed E-state index contributed by atoms with van der Waals surface area (Å²) in [6.07, 6.45) is 5.11. The molecule has 0 amide bonds. The second kappa shape index (κ2) is 8.66. The summed E-state index contributed by atoms with van der Waals surface area (Å²) < 4.78 is 0. The molecular formula is C23H27ClN2. The van der Waals surface area contributed by atoms with Crippen LogP contribution in [0.2, 0.25) is 0 Å². The molecule has 0 atom stereocenters. The van der Waals surface area contributed by atoms with Gasteiger partial charge in [0.15, 0.2) is 0 Å². The van der Waals surface area contributed by atoms with Crippen molar-refractivity contribution < 1.29 is 0 Å². The van der Waals surface area contributed by atoms with Gasteiger partial charge in [-0.3, -0.25) is 0 Å². The van der Waals surface area contributed by atoms with Crippen molar-refractivity contribution in [2.24, 2.45) is 5.92 Å². The van der Waals surface area contributed by atoms with Gasteiger partial charge in [0.2, 0.25) is 0 Å². The Labute approximate surface area is 162 Å². The van der Waals surface area contributed by atoms with E-state index in [0.717, 1.165) is 23.5 Å². The first-order chi connectivity index (χ1) is 12.3. The number of halogens is 1. The Hall–Kier alpha value is -1.90. The maximum absolute atomic E-state index is 4.90. The maximum atomic E-state index is 4.90. The van der Waals surface area contributed by atoms with Crippen LogP contribution in [0.3, 0.4) is 0 Å². The maximum Gasteiger partial charge on any atom is 0.0712 e. The highest BCUT2D eigenvalue weighted by atomic mass is 35.5. The van der Waals surface area contributed by atoms with Crippen LogP contribution < -0.4 is 0 Å². The lowest BCUT2D eigenvalue weighted by atomic mass is 9.89. The largest absolute Gasteiger partial charge is 0.306 e. The van der Waals surface area contributed by atoms with Gasteiger partial charge in [-0.05, 0) is 69.4 Å². The van der Waals surface area contributed by atoms with Crippen LogP contribution in [-0.2, 0) is 6.42 Å². The van der Waals surface area contributed by atoms with Crippen molar-refractivity contribution in [3.8, 4) is 11.3 Å². The zero-order chi connectivity index (χ0) is 17.1. The molecule has 0 aliphatic carbocycles. The minimum absolute atomic E-state index is 0. The molecule has 0 bridgehead atoms. The molecule has 1 aliphatic rings. The van der Waals surface area contributed by atoms with E-state index < -0.39 is 0 Å². The molecule has 1 saturated heterocycles. The first-order valence-corrected chi connectivity index (χ1v) is 9.42. The van der Waals surface area contributed by atoms with Crippen LogP contribution in [-0.4, -0.2) is 30.0 Å². The Kier molecular flexibility index (Phi) is 6.29. The first-order valence-electron chi connectivity index (χ1n) is 9.42. The van der Waals surface area contributed by atoms with Gasteiger partial charge < -0.3 is 4.90 Å². The molecule has 0 radical (unpaired) electrons. The van der Waals surface area contributed by atoms with Gasteiger partial charge in [-0.15, -0.1) is 12.4 Å². The molecule has 1 fully saturated rings. The van der Waals surface area contributed by atoms with Crippen molar-refractivity contribution in [2.75, 3.05) is 20.1 Å². The number of likely N-dealkylation sites (tertiary alicyclic amines) is 1. The molecule has 1 aliphatic heterocycles. The molecule has 0 N–H and O–H groups in total. The van der Waals surface area contributed by atoms with Gasteiger partial charge in [0.05, 0.1) is 11.2 Å². The van der Waals surface area contributed by atoms with E-state index in [1.54, 1.807) is 0 Å². The zero-order valence-corrected chi connectivity index (χ0v) is 16.2. The Morgan fingerprint density at radius 3 is 2.42 bits per heavy atom. The standard InChI is InChI=1S/C23H26N2.ClH/c1-25-15-13-18(14-16-25)11-12-20-17-23(19-7-3-2-4-8-19)24-22-10-6-5-9-21(20)22;/h2-10,17-18H,11-16H2,1H3;1H. The Morgan fingerprint density at radius 1 is 0.962 bits per heavy atom. The van der Waals surface area contributed by atoms with Crippen molar-refractivity contribution in [3.63, 3.8) is 0 Å². The Bertz CT molecular complexity index is 839.